The van der Waals surface area contributed by atoms with Gasteiger partial charge in [0.15, 0.2) is 23.3 Å². The summed E-state index contributed by atoms with van der Waals surface area (Å²) in [6, 6.07) is -0.0728. The molecular weight excluding hydrogens is 320 g/mol. The first-order chi connectivity index (χ1) is 9.56. The number of carboxylic acid groups (broad SMARTS) is 1. The number of nitrogens with zero attached hydrogens (tertiary/aromatic N) is 1. The Kier molecular flexibility index (Phi) is 5.12. The number of nitrogens with one attached hydrogen (secondary N) is 1. The highest BCUT2D eigenvalue weighted by atomic mass is 32.2. The van der Waals surface area contributed by atoms with Crippen LogP contribution in [0.1, 0.15) is 6.42 Å². The van der Waals surface area contributed by atoms with E-state index in [-0.39, 0.29) is 6.07 Å². The van der Waals surface area contributed by atoms with Gasteiger partial charge < -0.3 is 5.11 Å². The van der Waals surface area contributed by atoms with E-state index in [0.29, 0.717) is 4.31 Å². The summed E-state index contributed by atoms with van der Waals surface area (Å²) in [5.74, 6) is -8.68. The molecule has 0 atom stereocenters. The number of carbonyl (C=O) groups is 1. The van der Waals surface area contributed by atoms with E-state index in [0.717, 1.165) is 7.05 Å². The number of benzene rings is 1. The average molecular weight is 330 g/mol. The quantitative estimate of drug-likeness (QED) is 0.608. The SMILES string of the molecule is CN(CCC(=O)O)S(=O)(=O)Nc1c(F)c(F)cc(F)c1F. The minimum atomic E-state index is -4.58. The van der Waals surface area contributed by atoms with E-state index >= 15 is 0 Å². The van der Waals surface area contributed by atoms with E-state index < -0.39 is 58.1 Å². The van der Waals surface area contributed by atoms with Crippen LogP contribution >= 0.6 is 0 Å². The van der Waals surface area contributed by atoms with Gasteiger partial charge in [0.25, 0.3) is 0 Å². The summed E-state index contributed by atoms with van der Waals surface area (Å²) in [6.45, 7) is -0.508. The van der Waals surface area contributed by atoms with Crippen molar-refractivity contribution in [3.05, 3.63) is 29.3 Å². The van der Waals surface area contributed by atoms with Crippen molar-refractivity contribution >= 4 is 21.9 Å². The number of anilines is 1. The zero-order chi connectivity index (χ0) is 16.4. The maximum absolute atomic E-state index is 13.3. The number of carboxylic acids is 1. The first kappa shape index (κ1) is 17.2. The van der Waals surface area contributed by atoms with Gasteiger partial charge in [0.2, 0.25) is 0 Å². The molecule has 0 amide bonds. The molecule has 0 aromatic heterocycles. The Morgan fingerprint density at radius 1 is 1.24 bits per heavy atom. The highest BCUT2D eigenvalue weighted by molar-refractivity contribution is 7.90. The van der Waals surface area contributed by atoms with Crippen molar-refractivity contribution in [3.8, 4) is 0 Å². The Morgan fingerprint density at radius 3 is 2.14 bits per heavy atom. The molecular formula is C10H10F4N2O4S. The van der Waals surface area contributed by atoms with Gasteiger partial charge in [-0.2, -0.15) is 12.7 Å². The van der Waals surface area contributed by atoms with Gasteiger partial charge in [-0.3, -0.25) is 9.52 Å². The fourth-order valence-corrected chi connectivity index (χ4v) is 2.17. The molecule has 0 bridgehead atoms. The molecule has 1 rings (SSSR count). The fourth-order valence-electron chi connectivity index (χ4n) is 1.24. The number of hydrogen-bond acceptors (Lipinski definition) is 3. The summed E-state index contributed by atoms with van der Waals surface area (Å²) < 4.78 is 77.7. The second-order valence-electron chi connectivity index (χ2n) is 3.92. The molecule has 6 nitrogen and oxygen atoms in total. The van der Waals surface area contributed by atoms with Crippen molar-refractivity contribution in [3.63, 3.8) is 0 Å². The predicted octanol–water partition coefficient (Wildman–Crippen LogP) is 1.31. The van der Waals surface area contributed by atoms with Crippen LogP contribution in [0.15, 0.2) is 6.07 Å². The van der Waals surface area contributed by atoms with E-state index in [9.17, 15) is 30.8 Å². The molecule has 0 heterocycles. The molecule has 1 aromatic carbocycles. The lowest BCUT2D eigenvalue weighted by atomic mass is 10.3. The van der Waals surface area contributed by atoms with Crippen LogP contribution in [0.2, 0.25) is 0 Å². The second-order valence-corrected chi connectivity index (χ2v) is 5.69. The molecule has 0 unspecified atom stereocenters. The van der Waals surface area contributed by atoms with E-state index in [4.69, 9.17) is 5.11 Å². The molecule has 0 aliphatic carbocycles. The van der Waals surface area contributed by atoms with Crippen LogP contribution in [0.5, 0.6) is 0 Å². The molecule has 0 saturated carbocycles. The Morgan fingerprint density at radius 2 is 1.71 bits per heavy atom. The van der Waals surface area contributed by atoms with Crippen molar-refractivity contribution in [1.82, 2.24) is 4.31 Å². The van der Waals surface area contributed by atoms with Crippen molar-refractivity contribution in [2.45, 2.75) is 6.42 Å². The lowest BCUT2D eigenvalue weighted by molar-refractivity contribution is -0.137. The average Bonchev–Trinajstić information content (AvgIpc) is 2.38. The molecule has 118 valence electrons. The van der Waals surface area contributed by atoms with Crippen LogP contribution in [-0.2, 0) is 15.0 Å². The van der Waals surface area contributed by atoms with Crippen LogP contribution < -0.4 is 4.72 Å². The maximum atomic E-state index is 13.3. The van der Waals surface area contributed by atoms with Crippen molar-refractivity contribution < 1.29 is 35.9 Å². The molecule has 0 spiro atoms. The van der Waals surface area contributed by atoms with Gasteiger partial charge in [0, 0.05) is 19.7 Å². The molecule has 21 heavy (non-hydrogen) atoms. The Balaban J connectivity index is 3.07. The summed E-state index contributed by atoms with van der Waals surface area (Å²) in [4.78, 5) is 10.3. The van der Waals surface area contributed by atoms with E-state index in [1.807, 2.05) is 0 Å². The first-order valence-corrected chi connectivity index (χ1v) is 6.79. The standard InChI is InChI=1S/C10H10F4N2O4S/c1-16(3-2-7(17)18)21(19,20)15-10-8(13)5(11)4-6(12)9(10)14/h4,15H,2-3H2,1H3,(H,17,18). The van der Waals surface area contributed by atoms with E-state index in [1.165, 1.54) is 4.72 Å². The smallest absolute Gasteiger partial charge is 0.304 e. The monoisotopic (exact) mass is 330 g/mol. The zero-order valence-electron chi connectivity index (χ0n) is 10.5. The van der Waals surface area contributed by atoms with Gasteiger partial charge in [-0.05, 0) is 0 Å². The van der Waals surface area contributed by atoms with Gasteiger partial charge in [-0.15, -0.1) is 0 Å². The number of aliphatic carboxylic acids is 1. The molecule has 0 aliphatic rings. The number of hydrogen-bond donors (Lipinski definition) is 2. The summed E-state index contributed by atoms with van der Waals surface area (Å²) in [5, 5.41) is 8.42. The van der Waals surface area contributed by atoms with Gasteiger partial charge in [-0.1, -0.05) is 0 Å². The maximum Gasteiger partial charge on any atom is 0.304 e. The van der Waals surface area contributed by atoms with Crippen LogP contribution in [0.3, 0.4) is 0 Å². The van der Waals surface area contributed by atoms with Crippen molar-refractivity contribution in [2.75, 3.05) is 18.3 Å². The minimum absolute atomic E-state index is 0.0728. The highest BCUT2D eigenvalue weighted by Gasteiger charge is 2.26. The number of rotatable bonds is 6. The second kappa shape index (κ2) is 6.26. The van der Waals surface area contributed by atoms with Crippen LogP contribution in [0.25, 0.3) is 0 Å². The summed E-state index contributed by atoms with van der Waals surface area (Å²) in [7, 11) is -3.65. The third-order valence-electron chi connectivity index (χ3n) is 2.39. The zero-order valence-corrected chi connectivity index (χ0v) is 11.3. The molecule has 0 aliphatic heterocycles. The fraction of sp³-hybridized carbons (Fsp3) is 0.300. The summed E-state index contributed by atoms with van der Waals surface area (Å²) in [5.41, 5.74) is -1.52. The topological polar surface area (TPSA) is 86.7 Å². The van der Waals surface area contributed by atoms with Crippen molar-refractivity contribution in [2.24, 2.45) is 0 Å². The van der Waals surface area contributed by atoms with E-state index in [1.54, 1.807) is 0 Å². The number of halogens is 4. The Hall–Kier alpha value is -1.88. The molecule has 0 radical (unpaired) electrons. The highest BCUT2D eigenvalue weighted by Crippen LogP contribution is 2.25. The normalized spacial score (nSPS) is 11.7. The third kappa shape index (κ3) is 4.04. The summed E-state index contributed by atoms with van der Waals surface area (Å²) in [6.07, 6.45) is -0.570. The molecule has 2 N–H and O–H groups in total. The molecule has 0 saturated heterocycles. The Bertz CT molecular complexity index is 639. The first-order valence-electron chi connectivity index (χ1n) is 5.35. The van der Waals surface area contributed by atoms with Crippen LogP contribution in [-0.4, -0.2) is 37.4 Å². The van der Waals surface area contributed by atoms with Crippen LogP contribution in [0, 0.1) is 23.3 Å². The Labute approximate surface area is 117 Å². The molecule has 11 heteroatoms. The molecule has 1 aromatic rings. The summed E-state index contributed by atoms with van der Waals surface area (Å²) >= 11 is 0. The minimum Gasteiger partial charge on any atom is -0.481 e. The van der Waals surface area contributed by atoms with Gasteiger partial charge >= 0.3 is 16.2 Å². The van der Waals surface area contributed by atoms with Crippen molar-refractivity contribution in [1.29, 1.82) is 0 Å². The molecule has 0 fully saturated rings. The third-order valence-corrected chi connectivity index (χ3v) is 3.86. The predicted molar refractivity (Wildman–Crippen MR) is 63.7 cm³/mol. The van der Waals surface area contributed by atoms with E-state index in [2.05, 4.69) is 0 Å². The largest absolute Gasteiger partial charge is 0.481 e. The van der Waals surface area contributed by atoms with Crippen LogP contribution in [0.4, 0.5) is 23.2 Å². The van der Waals surface area contributed by atoms with Gasteiger partial charge in [0.1, 0.15) is 5.69 Å². The lowest BCUT2D eigenvalue weighted by Crippen LogP contribution is -2.34. The van der Waals surface area contributed by atoms with Gasteiger partial charge in [-0.25, -0.2) is 17.6 Å². The van der Waals surface area contributed by atoms with Gasteiger partial charge in [0.05, 0.1) is 6.42 Å². The lowest BCUT2D eigenvalue weighted by Gasteiger charge is -2.18.